The van der Waals surface area contributed by atoms with Crippen LogP contribution < -0.4 is 15.5 Å². The molecule has 1 aromatic heterocycles. The number of nitrogens with one attached hydrogen (secondary N) is 2. The first-order valence-corrected chi connectivity index (χ1v) is 10.6. The summed E-state index contributed by atoms with van der Waals surface area (Å²) in [4.78, 5) is 18.3. The van der Waals surface area contributed by atoms with E-state index in [4.69, 9.17) is 0 Å². The average molecular weight is 456 g/mol. The molecule has 2 aromatic rings. The van der Waals surface area contributed by atoms with Crippen LogP contribution >= 0.6 is 0 Å². The summed E-state index contributed by atoms with van der Waals surface area (Å²) in [5.74, 6) is -4.33. The van der Waals surface area contributed by atoms with Crippen LogP contribution in [0, 0.1) is 12.8 Å². The van der Waals surface area contributed by atoms with Crippen LogP contribution in [0.5, 0.6) is 0 Å². The normalized spacial score (nSPS) is 23.5. The van der Waals surface area contributed by atoms with Crippen LogP contribution in [0.1, 0.15) is 30.4 Å². The number of amides is 1. The van der Waals surface area contributed by atoms with Crippen LogP contribution in [0.15, 0.2) is 24.4 Å². The molecular formula is C22H25F5N4O. The first kappa shape index (κ1) is 22.7. The zero-order valence-corrected chi connectivity index (χ0v) is 17.6. The molecule has 174 valence electrons. The predicted octanol–water partition coefficient (Wildman–Crippen LogP) is 3.89. The molecule has 0 spiro atoms. The van der Waals surface area contributed by atoms with Gasteiger partial charge in [-0.05, 0) is 50.1 Å². The number of aryl methyl sites for hydroxylation is 1. The number of hydrogen-bond donors (Lipinski definition) is 2. The fraction of sp³-hybridized carbons (Fsp3) is 0.545. The number of carbonyl (C=O) groups is 1. The number of hydrogen-bond acceptors (Lipinski definition) is 4. The number of pyridine rings is 1. The Labute approximate surface area is 182 Å². The van der Waals surface area contributed by atoms with Crippen molar-refractivity contribution in [1.29, 1.82) is 0 Å². The lowest BCUT2D eigenvalue weighted by atomic mass is 9.90. The molecule has 3 heterocycles. The molecule has 5 nitrogen and oxygen atoms in total. The van der Waals surface area contributed by atoms with Crippen LogP contribution in [-0.4, -0.2) is 49.0 Å². The number of anilines is 1. The molecule has 2 N–H and O–H groups in total. The summed E-state index contributed by atoms with van der Waals surface area (Å²) in [6, 6.07) is 3.89. The van der Waals surface area contributed by atoms with Crippen molar-refractivity contribution in [2.24, 2.45) is 5.92 Å². The van der Waals surface area contributed by atoms with Gasteiger partial charge >= 0.3 is 6.18 Å². The van der Waals surface area contributed by atoms with Crippen molar-refractivity contribution in [3.05, 3.63) is 35.5 Å². The first-order chi connectivity index (χ1) is 15.1. The Bertz CT molecular complexity index is 1010. The molecule has 0 bridgehead atoms. The highest BCUT2D eigenvalue weighted by molar-refractivity contribution is 5.96. The maximum absolute atomic E-state index is 14.0. The molecule has 0 radical (unpaired) electrons. The molecule has 2 aliphatic heterocycles. The number of benzene rings is 1. The Morgan fingerprint density at radius 2 is 2.06 bits per heavy atom. The van der Waals surface area contributed by atoms with Gasteiger partial charge in [-0.2, -0.15) is 13.2 Å². The van der Waals surface area contributed by atoms with E-state index in [0.29, 0.717) is 42.7 Å². The fourth-order valence-electron chi connectivity index (χ4n) is 4.65. The van der Waals surface area contributed by atoms with Crippen molar-refractivity contribution in [1.82, 2.24) is 15.6 Å². The second kappa shape index (κ2) is 8.46. The fourth-order valence-corrected chi connectivity index (χ4v) is 4.65. The molecule has 2 unspecified atom stereocenters. The van der Waals surface area contributed by atoms with E-state index in [1.54, 1.807) is 13.0 Å². The highest BCUT2D eigenvalue weighted by Gasteiger charge is 2.42. The van der Waals surface area contributed by atoms with Gasteiger partial charge in [-0.15, -0.1) is 0 Å². The summed E-state index contributed by atoms with van der Waals surface area (Å²) in [6.45, 7) is 2.70. The van der Waals surface area contributed by atoms with Crippen LogP contribution in [-0.2, 0) is 11.0 Å². The van der Waals surface area contributed by atoms with Crippen molar-refractivity contribution in [2.75, 3.05) is 31.1 Å². The lowest BCUT2D eigenvalue weighted by Gasteiger charge is -2.31. The maximum atomic E-state index is 14.0. The lowest BCUT2D eigenvalue weighted by molar-refractivity contribution is -0.136. The minimum Gasteiger partial charge on any atom is -0.369 e. The van der Waals surface area contributed by atoms with Crippen molar-refractivity contribution in [2.45, 2.75) is 44.3 Å². The van der Waals surface area contributed by atoms with Crippen LogP contribution in [0.3, 0.4) is 0 Å². The molecule has 4 rings (SSSR count). The number of halogens is 5. The van der Waals surface area contributed by atoms with E-state index >= 15 is 0 Å². The smallest absolute Gasteiger partial charge is 0.369 e. The minimum absolute atomic E-state index is 0.101. The largest absolute Gasteiger partial charge is 0.418 e. The first-order valence-electron chi connectivity index (χ1n) is 10.6. The summed E-state index contributed by atoms with van der Waals surface area (Å²) in [7, 11) is 0. The van der Waals surface area contributed by atoms with Gasteiger partial charge in [-0.25, -0.2) is 8.78 Å². The molecule has 2 saturated heterocycles. The summed E-state index contributed by atoms with van der Waals surface area (Å²) >= 11 is 0. The van der Waals surface area contributed by atoms with E-state index < -0.39 is 36.0 Å². The number of alkyl halides is 5. The van der Waals surface area contributed by atoms with Crippen molar-refractivity contribution in [3.63, 3.8) is 0 Å². The molecule has 1 aromatic carbocycles. The second-order valence-corrected chi connectivity index (χ2v) is 8.61. The summed E-state index contributed by atoms with van der Waals surface area (Å²) in [6.07, 6.45) is -2.58. The Morgan fingerprint density at radius 1 is 1.28 bits per heavy atom. The third kappa shape index (κ3) is 4.51. The second-order valence-electron chi connectivity index (χ2n) is 8.61. The Hall–Kier alpha value is -2.49. The van der Waals surface area contributed by atoms with Crippen molar-refractivity contribution in [3.8, 4) is 0 Å². The molecular weight excluding hydrogens is 431 g/mol. The van der Waals surface area contributed by atoms with E-state index in [0.717, 1.165) is 6.07 Å². The van der Waals surface area contributed by atoms with Crippen LogP contribution in [0.4, 0.5) is 27.6 Å². The zero-order valence-electron chi connectivity index (χ0n) is 17.6. The summed E-state index contributed by atoms with van der Waals surface area (Å²) < 4.78 is 68.3. The number of piperidine rings is 1. The third-order valence-electron chi connectivity index (χ3n) is 6.34. The van der Waals surface area contributed by atoms with Gasteiger partial charge in [0.05, 0.1) is 17.6 Å². The Kier molecular flexibility index (Phi) is 6.00. The SMILES string of the molecule is Cc1ccnc2c(C(F)(F)F)ccc(N3CCC(NC(=O)CC4CCNCC4(F)F)C3)c12. The van der Waals surface area contributed by atoms with Gasteiger partial charge < -0.3 is 15.5 Å². The number of fused-ring (bicyclic) bond motifs is 1. The monoisotopic (exact) mass is 456 g/mol. The van der Waals surface area contributed by atoms with Gasteiger partial charge in [0.25, 0.3) is 5.92 Å². The Balaban J connectivity index is 1.48. The van der Waals surface area contributed by atoms with Gasteiger partial charge in [0.15, 0.2) is 0 Å². The number of rotatable bonds is 4. The number of nitrogens with zero attached hydrogens (tertiary/aromatic N) is 2. The summed E-state index contributed by atoms with van der Waals surface area (Å²) in [5.41, 5.74) is 0.416. The molecule has 32 heavy (non-hydrogen) atoms. The number of carbonyl (C=O) groups excluding carboxylic acids is 1. The topological polar surface area (TPSA) is 57.3 Å². The molecule has 10 heteroatoms. The van der Waals surface area contributed by atoms with Gasteiger partial charge in [0.2, 0.25) is 5.91 Å². The van der Waals surface area contributed by atoms with E-state index in [1.165, 1.54) is 12.3 Å². The maximum Gasteiger partial charge on any atom is 0.418 e. The van der Waals surface area contributed by atoms with Crippen molar-refractivity contribution < 1.29 is 26.7 Å². The minimum atomic E-state index is -4.52. The lowest BCUT2D eigenvalue weighted by Crippen LogP contribution is -2.48. The van der Waals surface area contributed by atoms with E-state index in [9.17, 15) is 26.7 Å². The van der Waals surface area contributed by atoms with Gasteiger partial charge in [-0.1, -0.05) is 0 Å². The van der Waals surface area contributed by atoms with E-state index in [-0.39, 0.29) is 24.4 Å². The highest BCUT2D eigenvalue weighted by atomic mass is 19.4. The van der Waals surface area contributed by atoms with Crippen molar-refractivity contribution >= 4 is 22.5 Å². The van der Waals surface area contributed by atoms with E-state index in [2.05, 4.69) is 15.6 Å². The highest BCUT2D eigenvalue weighted by Crippen LogP contribution is 2.39. The van der Waals surface area contributed by atoms with Crippen LogP contribution in [0.25, 0.3) is 10.9 Å². The van der Waals surface area contributed by atoms with E-state index in [1.807, 2.05) is 4.90 Å². The van der Waals surface area contributed by atoms with Crippen LogP contribution in [0.2, 0.25) is 0 Å². The predicted molar refractivity (Wildman–Crippen MR) is 111 cm³/mol. The Morgan fingerprint density at radius 3 is 2.78 bits per heavy atom. The third-order valence-corrected chi connectivity index (χ3v) is 6.34. The zero-order chi connectivity index (χ0) is 23.1. The van der Waals surface area contributed by atoms with Gasteiger partial charge in [0.1, 0.15) is 0 Å². The standard InChI is InChI=1S/C22H25F5N4O/c1-13-4-8-29-20-16(22(25,26)27)2-3-17(19(13)20)31-9-6-15(11-31)30-18(32)10-14-5-7-28-12-21(14,23)24/h2-4,8,14-15,28H,5-7,9-12H2,1H3,(H,30,32). The summed E-state index contributed by atoms with van der Waals surface area (Å²) in [5, 5.41) is 5.91. The molecule has 0 saturated carbocycles. The molecule has 0 aliphatic carbocycles. The molecule has 2 aliphatic rings. The molecule has 2 atom stereocenters. The number of aromatic nitrogens is 1. The quantitative estimate of drug-likeness (QED) is 0.686. The van der Waals surface area contributed by atoms with Gasteiger partial charge in [-0.3, -0.25) is 9.78 Å². The molecule has 2 fully saturated rings. The average Bonchev–Trinajstić information content (AvgIpc) is 3.16. The van der Waals surface area contributed by atoms with Gasteiger partial charge in [0, 0.05) is 48.7 Å². The molecule has 1 amide bonds.